The van der Waals surface area contributed by atoms with Crippen molar-refractivity contribution in [3.8, 4) is 5.75 Å². The minimum atomic E-state index is -3.88. The maximum Gasteiger partial charge on any atom is 0.240 e. The van der Waals surface area contributed by atoms with Crippen molar-refractivity contribution in [3.63, 3.8) is 0 Å². The van der Waals surface area contributed by atoms with Crippen molar-refractivity contribution in [1.82, 2.24) is 50.1 Å². The van der Waals surface area contributed by atoms with Crippen molar-refractivity contribution in [2.45, 2.75) is 148 Å². The van der Waals surface area contributed by atoms with Crippen LogP contribution in [-0.4, -0.2) is 275 Å². The van der Waals surface area contributed by atoms with E-state index in [1.165, 1.54) is 19.3 Å². The molecule has 0 aromatic heterocycles. The van der Waals surface area contributed by atoms with Crippen LogP contribution in [0.5, 0.6) is 5.75 Å². The van der Waals surface area contributed by atoms with Crippen molar-refractivity contribution in [2.24, 2.45) is 0 Å². The highest BCUT2D eigenvalue weighted by atomic mass is 35.5. The average molecular weight is 2080 g/mol. The lowest BCUT2D eigenvalue weighted by Gasteiger charge is -2.35. The summed E-state index contributed by atoms with van der Waals surface area (Å²) >= 11 is 39.0. The maximum atomic E-state index is 14.4. The molecule has 7 aromatic carbocycles. The van der Waals surface area contributed by atoms with Crippen LogP contribution in [0, 0.1) is 0 Å². The fourth-order valence-corrected chi connectivity index (χ4v) is 21.6. The Bertz CT molecular complexity index is 4900. The largest absolute Gasteiger partial charge is 0.494 e. The van der Waals surface area contributed by atoms with Crippen molar-refractivity contribution < 1.29 is 91.8 Å². The second-order valence-electron chi connectivity index (χ2n) is 34.4. The molecule has 7 N–H and O–H groups in total. The normalized spacial score (nSPS) is 15.5. The van der Waals surface area contributed by atoms with Crippen molar-refractivity contribution in [3.05, 3.63) is 219 Å². The molecular formula is C98H132Cl6N10O20S3. The lowest BCUT2D eigenvalue weighted by Crippen LogP contribution is -2.51. The minimum Gasteiger partial charge on any atom is -0.494 e. The van der Waals surface area contributed by atoms with Gasteiger partial charge in [-0.1, -0.05) is 157 Å². The fraction of sp³-hybridized carbons (Fsp3) is 0.531. The van der Waals surface area contributed by atoms with Gasteiger partial charge in [0.1, 0.15) is 5.75 Å². The van der Waals surface area contributed by atoms with Crippen molar-refractivity contribution in [1.29, 1.82) is 0 Å². The van der Waals surface area contributed by atoms with E-state index in [1.54, 1.807) is 72.8 Å². The van der Waals surface area contributed by atoms with Crippen LogP contribution in [0.4, 0.5) is 0 Å². The van der Waals surface area contributed by atoms with Gasteiger partial charge in [0.15, 0.2) is 0 Å². The van der Waals surface area contributed by atoms with Gasteiger partial charge in [-0.3, -0.25) is 19.2 Å². The summed E-state index contributed by atoms with van der Waals surface area (Å²) in [5, 5.41) is 15.1. The number of ether oxygens (including phenoxy) is 10. The van der Waals surface area contributed by atoms with Gasteiger partial charge in [0.25, 0.3) is 0 Å². The molecule has 0 unspecified atom stereocenters. The predicted molar refractivity (Wildman–Crippen MR) is 533 cm³/mol. The quantitative estimate of drug-likeness (QED) is 0.0174. The summed E-state index contributed by atoms with van der Waals surface area (Å²) in [5.74, 6) is -1.22. The van der Waals surface area contributed by atoms with E-state index in [1.807, 2.05) is 81.8 Å². The number of likely N-dealkylation sites (N-methyl/N-ethyl adjacent to an activating group) is 3. The molecule has 0 spiro atoms. The zero-order valence-corrected chi connectivity index (χ0v) is 85.5. The number of nitrogens with zero attached hydrogens (tertiary/aromatic N) is 3. The number of halogens is 6. The van der Waals surface area contributed by atoms with Crippen LogP contribution in [0.25, 0.3) is 0 Å². The Hall–Kier alpha value is -6.79. The number of hydrogen-bond donors (Lipinski definition) is 7. The van der Waals surface area contributed by atoms with Gasteiger partial charge in [0.05, 0.1) is 147 Å². The summed E-state index contributed by atoms with van der Waals surface area (Å²) in [4.78, 5) is 62.7. The molecule has 39 heteroatoms. The summed E-state index contributed by atoms with van der Waals surface area (Å²) in [5.41, 5.74) is 7.70. The summed E-state index contributed by atoms with van der Waals surface area (Å²) in [6.07, 6.45) is 6.49. The molecule has 754 valence electrons. The molecule has 3 heterocycles. The molecule has 10 rings (SSSR count). The Labute approximate surface area is 837 Å². The molecular weight excluding hydrogens is 1950 g/mol. The van der Waals surface area contributed by atoms with Crippen molar-refractivity contribution >= 4 is 123 Å². The van der Waals surface area contributed by atoms with Gasteiger partial charge in [-0.15, -0.1) is 0 Å². The topological polar surface area (TPSA) is 357 Å². The molecule has 7 aromatic rings. The van der Waals surface area contributed by atoms with Crippen LogP contribution in [0.1, 0.15) is 157 Å². The number of fused-ring (bicyclic) bond motifs is 3. The van der Waals surface area contributed by atoms with Crippen molar-refractivity contribution in [2.75, 3.05) is 206 Å². The Morgan fingerprint density at radius 1 is 0.358 bits per heavy atom. The summed E-state index contributed by atoms with van der Waals surface area (Å²) in [6.45, 7) is 10.3. The zero-order chi connectivity index (χ0) is 98.0. The van der Waals surface area contributed by atoms with E-state index >= 15 is 0 Å². The molecule has 3 atom stereocenters. The van der Waals surface area contributed by atoms with Gasteiger partial charge < -0.3 is 83.3 Å². The highest BCUT2D eigenvalue weighted by molar-refractivity contribution is 7.90. The maximum absolute atomic E-state index is 14.4. The van der Waals surface area contributed by atoms with E-state index in [0.29, 0.717) is 87.3 Å². The van der Waals surface area contributed by atoms with E-state index in [0.717, 1.165) is 69.3 Å². The minimum absolute atomic E-state index is 0.0286. The van der Waals surface area contributed by atoms with E-state index in [-0.39, 0.29) is 253 Å². The first kappa shape index (κ1) is 112. The SMILES string of the molecule is CCCCCCCCOc1ccc(CC(=O)NC(CCC(=O)NCCOCCOCCOCCNS(=O)(=O)c2cccc([C@@H]3CN(C)Cc4c(Cl)cc(Cl)cc43)c2)(CCC(=O)NCCOCCOCCOCCNS(=O)(=O)c2cccc([C@@H]3CN(C)Cc4c(Cl)cc(Cl)cc43)c2)CCC(=O)NCCOCCOCCOCCNS(=O)(=O)c2cccc([C@@H]3CN(C)Cc4c(Cl)cc(Cl)cc43)c2)cc1. The highest BCUT2D eigenvalue weighted by Crippen LogP contribution is 2.43. The molecule has 3 aliphatic heterocycles. The number of benzene rings is 7. The second-order valence-corrected chi connectivity index (χ2v) is 42.2. The number of nitrogens with one attached hydrogen (secondary N) is 7. The van der Waals surface area contributed by atoms with E-state index in [2.05, 4.69) is 57.1 Å². The molecule has 0 fully saturated rings. The summed E-state index contributed by atoms with van der Waals surface area (Å²) < 4.78 is 146. The number of hydrogen-bond acceptors (Lipinski definition) is 23. The fourth-order valence-electron chi connectivity index (χ4n) is 16.7. The molecule has 0 aliphatic carbocycles. The van der Waals surface area contributed by atoms with Gasteiger partial charge in [0, 0.05) is 151 Å². The lowest BCUT2D eigenvalue weighted by molar-refractivity contribution is -0.127. The molecule has 137 heavy (non-hydrogen) atoms. The predicted octanol–water partition coefficient (Wildman–Crippen LogP) is 13.2. The Morgan fingerprint density at radius 2 is 0.657 bits per heavy atom. The third-order valence-corrected chi connectivity index (χ3v) is 29.7. The molecule has 0 radical (unpaired) electrons. The highest BCUT2D eigenvalue weighted by Gasteiger charge is 2.36. The van der Waals surface area contributed by atoms with E-state index < -0.39 is 41.5 Å². The van der Waals surface area contributed by atoms with Crippen LogP contribution in [0.2, 0.25) is 30.1 Å². The number of sulfonamides is 3. The Morgan fingerprint density at radius 3 is 0.978 bits per heavy atom. The van der Waals surface area contributed by atoms with Crippen LogP contribution in [0.15, 0.2) is 148 Å². The van der Waals surface area contributed by atoms with E-state index in [4.69, 9.17) is 117 Å². The second kappa shape index (κ2) is 58.7. The zero-order valence-electron chi connectivity index (χ0n) is 78.5. The smallest absolute Gasteiger partial charge is 0.240 e. The first-order chi connectivity index (χ1) is 66.0. The summed E-state index contributed by atoms with van der Waals surface area (Å²) in [7, 11) is -5.67. The third kappa shape index (κ3) is 38.1. The Kier molecular flexibility index (Phi) is 48.1. The van der Waals surface area contributed by atoms with Crippen LogP contribution < -0.4 is 40.2 Å². The van der Waals surface area contributed by atoms with Crippen LogP contribution >= 0.6 is 69.6 Å². The van der Waals surface area contributed by atoms with Gasteiger partial charge in [-0.2, -0.15) is 0 Å². The molecule has 4 amide bonds. The number of rotatable bonds is 65. The molecule has 0 saturated carbocycles. The Balaban J connectivity index is 0.658. The van der Waals surface area contributed by atoms with Crippen LogP contribution in [-0.2, 0) is 118 Å². The first-order valence-corrected chi connectivity index (χ1v) is 53.5. The summed E-state index contributed by atoms with van der Waals surface area (Å²) in [6, 6.07) is 38.7. The monoisotopic (exact) mass is 2070 g/mol. The number of amides is 4. The van der Waals surface area contributed by atoms with Gasteiger partial charge in [-0.25, -0.2) is 39.4 Å². The molecule has 0 saturated heterocycles. The molecule has 0 bridgehead atoms. The number of unbranched alkanes of at least 4 members (excludes halogenated alkanes) is 5. The molecule has 3 aliphatic rings. The van der Waals surface area contributed by atoms with Gasteiger partial charge >= 0.3 is 0 Å². The number of carbonyl (C=O) groups is 4. The van der Waals surface area contributed by atoms with Gasteiger partial charge in [-0.05, 0) is 187 Å². The first-order valence-electron chi connectivity index (χ1n) is 46.8. The standard InChI is InChI=1S/C98H132Cl6N10O20S3/c1-5-6-7-8-9-10-36-134-78-22-20-71(21-23-78)55-97(118)111-98(27-24-94(115)105-30-37-125-43-49-131-52-46-128-40-33-108-135(119,120)79-17-11-14-72(56-79)85-65-112(2)68-88-82(85)59-75(99)62-91(88)102,28-25-95(116)106-31-38-126-44-50-132-53-47-129-41-34-109-136(121,122)80-18-12-15-73(57-80)86-66-113(3)69-89-83(86)60-76(100)63-92(89)103)29-26-96(117)107-32-39-127-45-51-133-54-48-130-42-35-110-137(123,124)81-19-13-16-74(58-81)87-67-114(4)70-90-84(87)61-77(101)64-93(90)104/h11-23,56-64,85-87,108-110H,5-10,24-55,65-70H2,1-4H3,(H,105,115)(H,106,116)(H,107,117)(H,111,118)/t85-,86-,87-/m0/s1. The van der Waals surface area contributed by atoms with Crippen LogP contribution in [0.3, 0.4) is 0 Å². The number of carbonyl (C=O) groups excluding carboxylic acids is 4. The third-order valence-electron chi connectivity index (χ3n) is 23.7. The average Bonchev–Trinajstić information content (AvgIpc) is 0.778. The van der Waals surface area contributed by atoms with E-state index in [9.17, 15) is 44.4 Å². The molecule has 30 nitrogen and oxygen atoms in total. The lowest BCUT2D eigenvalue weighted by atomic mass is 9.82. The van der Waals surface area contributed by atoms with Gasteiger partial charge in [0.2, 0.25) is 53.7 Å².